The molecule has 0 amide bonds. The number of rotatable bonds is 2. The molecule has 0 aliphatic rings. The fourth-order valence-electron chi connectivity index (χ4n) is 0.535. The monoisotopic (exact) mass is 222 g/mol. The molecule has 0 spiro atoms. The van der Waals surface area contributed by atoms with Gasteiger partial charge in [0.15, 0.2) is 0 Å². The molecular formula is C11H26O4. The van der Waals surface area contributed by atoms with Gasteiger partial charge in [0.25, 0.3) is 0 Å². The van der Waals surface area contributed by atoms with Crippen LogP contribution in [0, 0.1) is 0 Å². The van der Waals surface area contributed by atoms with Crippen LogP contribution in [0.5, 0.6) is 0 Å². The lowest BCUT2D eigenvalue weighted by Crippen LogP contribution is -2.06. The Hall–Kier alpha value is -1.06. The highest BCUT2D eigenvalue weighted by atomic mass is 16.5. The second-order valence-electron chi connectivity index (χ2n) is 2.58. The van der Waals surface area contributed by atoms with Gasteiger partial charge in [-0.3, -0.25) is 9.59 Å². The van der Waals surface area contributed by atoms with Crippen LogP contribution < -0.4 is 0 Å². The highest BCUT2D eigenvalue weighted by Crippen LogP contribution is 1.85. The summed E-state index contributed by atoms with van der Waals surface area (Å²) < 4.78 is 9.01. The minimum Gasteiger partial charge on any atom is -0.466 e. The molecule has 0 heterocycles. The Bertz CT molecular complexity index is 153. The van der Waals surface area contributed by atoms with Crippen LogP contribution in [0.1, 0.15) is 49.5 Å². The first-order valence-corrected chi connectivity index (χ1v) is 4.20. The van der Waals surface area contributed by atoms with E-state index in [-0.39, 0.29) is 32.9 Å². The zero-order valence-corrected chi connectivity index (χ0v) is 8.92. The van der Waals surface area contributed by atoms with Crippen molar-refractivity contribution in [1.29, 1.82) is 0 Å². The second-order valence-corrected chi connectivity index (χ2v) is 2.58. The molecule has 0 aliphatic heterocycles. The predicted molar refractivity (Wildman–Crippen MR) is 62.7 cm³/mol. The molecule has 0 unspecified atom stereocenters. The van der Waals surface area contributed by atoms with Crippen molar-refractivity contribution in [3.63, 3.8) is 0 Å². The first kappa shape index (κ1) is 23.6. The van der Waals surface area contributed by atoms with Gasteiger partial charge >= 0.3 is 11.9 Å². The molecule has 0 bridgehead atoms. The zero-order valence-electron chi connectivity index (χ0n) is 8.92. The highest BCUT2D eigenvalue weighted by Gasteiger charge is 1.93. The fourth-order valence-corrected chi connectivity index (χ4v) is 0.535. The minimum absolute atomic E-state index is 0. The van der Waals surface area contributed by atoms with Gasteiger partial charge in [0.05, 0.1) is 12.7 Å². The molecule has 0 N–H and O–H groups in total. The molecule has 4 nitrogen and oxygen atoms in total. The van der Waals surface area contributed by atoms with Crippen LogP contribution in [0.15, 0.2) is 0 Å². The van der Waals surface area contributed by atoms with Crippen molar-refractivity contribution in [2.24, 2.45) is 0 Å². The Labute approximate surface area is 94.0 Å². The summed E-state index contributed by atoms with van der Waals surface area (Å²) in [6.07, 6.45) is 0.0255. The summed E-state index contributed by atoms with van der Waals surface area (Å²) in [7, 11) is 0. The van der Waals surface area contributed by atoms with Gasteiger partial charge in [-0.2, -0.15) is 0 Å². The van der Waals surface area contributed by atoms with E-state index in [9.17, 15) is 9.59 Å². The first-order valence-electron chi connectivity index (χ1n) is 4.20. The maximum Gasteiger partial charge on any atom is 0.302 e. The fraction of sp³-hybridized carbons (Fsp3) is 0.818. The van der Waals surface area contributed by atoms with E-state index >= 15 is 0 Å². The molecule has 0 atom stereocenters. The second kappa shape index (κ2) is 15.4. The Balaban J connectivity index is -0.0000000718. The molecule has 0 saturated heterocycles. The minimum atomic E-state index is -0.213. The molecule has 0 aliphatic carbocycles. The van der Waals surface area contributed by atoms with Crippen molar-refractivity contribution in [3.8, 4) is 0 Å². The van der Waals surface area contributed by atoms with Gasteiger partial charge in [-0.05, 0) is 20.8 Å². The average molecular weight is 222 g/mol. The third-order valence-corrected chi connectivity index (χ3v) is 0.749. The van der Waals surface area contributed by atoms with Crippen LogP contribution >= 0.6 is 0 Å². The SMILES string of the molecule is C.C.CC(=O)OC(C)C.CCOC(C)=O. The molecule has 94 valence electrons. The molecule has 0 aromatic heterocycles. The standard InChI is InChI=1S/C5H10O2.C4H8O2.2CH4/c1-4(2)7-5(3)6;1-3-6-4(2)5;;/h4H,1-3H3;3H2,1-2H3;2*1H4. The topological polar surface area (TPSA) is 52.6 Å². The van der Waals surface area contributed by atoms with E-state index in [2.05, 4.69) is 9.47 Å². The number of hydrogen-bond acceptors (Lipinski definition) is 4. The Morgan fingerprint density at radius 1 is 1.07 bits per heavy atom. The Morgan fingerprint density at radius 2 is 1.47 bits per heavy atom. The van der Waals surface area contributed by atoms with Gasteiger partial charge < -0.3 is 9.47 Å². The largest absolute Gasteiger partial charge is 0.466 e. The maximum atomic E-state index is 10.0. The van der Waals surface area contributed by atoms with Crippen LogP contribution in [0.25, 0.3) is 0 Å². The number of carbonyl (C=O) groups is 2. The third-order valence-electron chi connectivity index (χ3n) is 0.749. The van der Waals surface area contributed by atoms with Crippen LogP contribution in [-0.4, -0.2) is 24.6 Å². The van der Waals surface area contributed by atoms with Gasteiger partial charge in [0, 0.05) is 13.8 Å². The Kier molecular flexibility index (Phi) is 24.3. The molecular weight excluding hydrogens is 196 g/mol. The summed E-state index contributed by atoms with van der Waals surface area (Å²) >= 11 is 0. The van der Waals surface area contributed by atoms with E-state index < -0.39 is 0 Å². The highest BCUT2D eigenvalue weighted by molar-refractivity contribution is 5.66. The normalized spacial score (nSPS) is 7.33. The van der Waals surface area contributed by atoms with Crippen LogP contribution in [0.4, 0.5) is 0 Å². The van der Waals surface area contributed by atoms with Crippen molar-refractivity contribution in [1.82, 2.24) is 0 Å². The summed E-state index contributed by atoms with van der Waals surface area (Å²) in [5, 5.41) is 0. The van der Waals surface area contributed by atoms with Crippen molar-refractivity contribution in [2.45, 2.75) is 55.6 Å². The summed E-state index contributed by atoms with van der Waals surface area (Å²) in [6, 6.07) is 0. The van der Waals surface area contributed by atoms with Gasteiger partial charge in [0.1, 0.15) is 0 Å². The number of ether oxygens (including phenoxy) is 2. The van der Waals surface area contributed by atoms with Gasteiger partial charge in [-0.15, -0.1) is 0 Å². The lowest BCUT2D eigenvalue weighted by molar-refractivity contribution is -0.144. The lowest BCUT2D eigenvalue weighted by Gasteiger charge is -2.01. The van der Waals surface area contributed by atoms with Crippen LogP contribution in [0.3, 0.4) is 0 Å². The quantitative estimate of drug-likeness (QED) is 0.674. The molecule has 0 rings (SSSR count). The van der Waals surface area contributed by atoms with Crippen LogP contribution in [-0.2, 0) is 19.1 Å². The molecule has 4 heteroatoms. The molecule has 15 heavy (non-hydrogen) atoms. The zero-order chi connectivity index (χ0) is 10.9. The van der Waals surface area contributed by atoms with E-state index in [4.69, 9.17) is 0 Å². The van der Waals surface area contributed by atoms with Crippen molar-refractivity contribution < 1.29 is 19.1 Å². The summed E-state index contributed by atoms with van der Waals surface area (Å²) in [5.41, 5.74) is 0. The summed E-state index contributed by atoms with van der Waals surface area (Å²) in [5.74, 6) is -0.424. The van der Waals surface area contributed by atoms with E-state index in [0.29, 0.717) is 6.61 Å². The first-order chi connectivity index (χ1) is 5.90. The van der Waals surface area contributed by atoms with E-state index in [1.165, 1.54) is 13.8 Å². The maximum absolute atomic E-state index is 10.0. The smallest absolute Gasteiger partial charge is 0.302 e. The number of esters is 2. The average Bonchev–Trinajstić information content (AvgIpc) is 1.83. The number of hydrogen-bond donors (Lipinski definition) is 0. The van der Waals surface area contributed by atoms with E-state index in [1.807, 2.05) is 13.8 Å². The van der Waals surface area contributed by atoms with Gasteiger partial charge in [0.2, 0.25) is 0 Å². The van der Waals surface area contributed by atoms with Crippen molar-refractivity contribution in [2.75, 3.05) is 6.61 Å². The molecule has 0 radical (unpaired) electrons. The molecule has 0 aromatic rings. The lowest BCUT2D eigenvalue weighted by atomic mass is 10.5. The predicted octanol–water partition coefficient (Wildman–Crippen LogP) is 2.80. The van der Waals surface area contributed by atoms with Crippen molar-refractivity contribution in [3.05, 3.63) is 0 Å². The summed E-state index contributed by atoms with van der Waals surface area (Å²) in [6.45, 7) is 8.70. The van der Waals surface area contributed by atoms with E-state index in [0.717, 1.165) is 0 Å². The number of carbonyl (C=O) groups excluding carboxylic acids is 2. The molecule has 0 fully saturated rings. The Morgan fingerprint density at radius 3 is 1.47 bits per heavy atom. The molecule has 0 saturated carbocycles. The van der Waals surface area contributed by atoms with Crippen LogP contribution in [0.2, 0.25) is 0 Å². The van der Waals surface area contributed by atoms with Gasteiger partial charge in [-0.25, -0.2) is 0 Å². The van der Waals surface area contributed by atoms with Crippen molar-refractivity contribution >= 4 is 11.9 Å². The van der Waals surface area contributed by atoms with Gasteiger partial charge in [-0.1, -0.05) is 14.9 Å². The van der Waals surface area contributed by atoms with E-state index in [1.54, 1.807) is 6.92 Å². The summed E-state index contributed by atoms with van der Waals surface area (Å²) in [4.78, 5) is 19.9. The third kappa shape index (κ3) is 43.9. The molecule has 0 aromatic carbocycles.